The monoisotopic (exact) mass is 488 g/mol. The van der Waals surface area contributed by atoms with Crippen LogP contribution < -0.4 is 9.47 Å². The van der Waals surface area contributed by atoms with E-state index in [0.717, 1.165) is 26.7 Å². The summed E-state index contributed by atoms with van der Waals surface area (Å²) in [5.74, 6) is -0.640. The zero-order chi connectivity index (χ0) is 21.8. The molecule has 0 fully saturated rings. The fourth-order valence-electron chi connectivity index (χ4n) is 3.87. The van der Waals surface area contributed by atoms with Gasteiger partial charge in [-0.2, -0.15) is 4.57 Å². The van der Waals surface area contributed by atoms with Crippen molar-refractivity contribution in [3.63, 3.8) is 0 Å². The summed E-state index contributed by atoms with van der Waals surface area (Å²) in [4.78, 5) is 2.41. The van der Waals surface area contributed by atoms with Crippen LogP contribution >= 0.6 is 34.7 Å². The molecule has 0 atom stereocenters. The fourth-order valence-corrected chi connectivity index (χ4v) is 7.05. The quantitative estimate of drug-likeness (QED) is 0.283. The van der Waals surface area contributed by atoms with E-state index in [-0.39, 0.29) is 0 Å². The predicted octanol–water partition coefficient (Wildman–Crippen LogP) is 5.43. The van der Waals surface area contributed by atoms with E-state index in [9.17, 15) is 13.0 Å². The Labute approximate surface area is 193 Å². The third kappa shape index (κ3) is 3.83. The molecule has 0 saturated carbocycles. The van der Waals surface area contributed by atoms with Crippen LogP contribution in [0.5, 0.6) is 0 Å². The van der Waals surface area contributed by atoms with E-state index in [2.05, 4.69) is 35.8 Å². The van der Waals surface area contributed by atoms with Crippen molar-refractivity contribution in [2.75, 3.05) is 10.8 Å². The van der Waals surface area contributed by atoms with Crippen molar-refractivity contribution in [1.29, 1.82) is 0 Å². The third-order valence-electron chi connectivity index (χ3n) is 5.16. The third-order valence-corrected chi connectivity index (χ3v) is 8.18. The molecule has 5 rings (SSSR count). The Kier molecular flexibility index (Phi) is 5.22. The van der Waals surface area contributed by atoms with E-state index in [4.69, 9.17) is 11.6 Å². The summed E-state index contributed by atoms with van der Waals surface area (Å²) >= 11 is 9.22. The molecule has 4 aromatic rings. The first-order chi connectivity index (χ1) is 14.8. The van der Waals surface area contributed by atoms with Crippen molar-refractivity contribution in [3.05, 3.63) is 69.7 Å². The van der Waals surface area contributed by atoms with Gasteiger partial charge in [-0.15, -0.1) is 0 Å². The molecule has 0 amide bonds. The second kappa shape index (κ2) is 7.79. The molecule has 0 bridgehead atoms. The minimum absolute atomic E-state index is 0.492. The lowest BCUT2D eigenvalue weighted by atomic mass is 10.1. The number of hydrogen-bond acceptors (Lipinski definition) is 6. The lowest BCUT2D eigenvalue weighted by Crippen LogP contribution is -2.34. The van der Waals surface area contributed by atoms with Crippen LogP contribution in [-0.4, -0.2) is 18.8 Å². The van der Waals surface area contributed by atoms with Gasteiger partial charge < -0.3 is 9.45 Å². The van der Waals surface area contributed by atoms with Crippen molar-refractivity contribution in [3.8, 4) is 0 Å². The van der Waals surface area contributed by atoms with Crippen LogP contribution in [0.1, 0.15) is 11.9 Å². The van der Waals surface area contributed by atoms with Crippen LogP contribution in [0.25, 0.3) is 27.1 Å². The van der Waals surface area contributed by atoms with Gasteiger partial charge in [-0.05, 0) is 42.6 Å². The Morgan fingerprint density at radius 2 is 1.97 bits per heavy atom. The van der Waals surface area contributed by atoms with Gasteiger partial charge in [0.1, 0.15) is 27.2 Å². The molecule has 9 heteroatoms. The number of anilines is 1. The molecule has 0 aliphatic carbocycles. The highest BCUT2D eigenvalue weighted by Gasteiger charge is 2.29. The molecule has 5 nitrogen and oxygen atoms in total. The molecule has 0 saturated heterocycles. The molecule has 31 heavy (non-hydrogen) atoms. The molecular weight excluding hydrogens is 472 g/mol. The summed E-state index contributed by atoms with van der Waals surface area (Å²) in [6.07, 6.45) is 1.96. The molecule has 0 radical (unpaired) electrons. The van der Waals surface area contributed by atoms with Gasteiger partial charge in [-0.3, -0.25) is 0 Å². The Morgan fingerprint density at radius 3 is 2.74 bits per heavy atom. The highest BCUT2D eigenvalue weighted by atomic mass is 35.5. The SMILES string of the molecule is CC[n+]1c(C=C2Sc3ccc(Cl)cc3N2CS(=O)(=O)[O-])sc2ccc3ccccc3c21. The number of fused-ring (bicyclic) bond motifs is 4. The normalized spacial score (nSPS) is 15.3. The molecule has 1 aliphatic heterocycles. The molecular formula is C22H17ClN2O3S3. The molecule has 3 aromatic carbocycles. The van der Waals surface area contributed by atoms with Gasteiger partial charge in [0, 0.05) is 9.92 Å². The maximum absolute atomic E-state index is 11.6. The first kappa shape index (κ1) is 20.8. The number of hydrogen-bond donors (Lipinski definition) is 0. The maximum atomic E-state index is 11.6. The summed E-state index contributed by atoms with van der Waals surface area (Å²) in [7, 11) is -4.48. The largest absolute Gasteiger partial charge is 0.747 e. The number of rotatable bonds is 4. The van der Waals surface area contributed by atoms with Crippen molar-refractivity contribution in [2.24, 2.45) is 0 Å². The zero-order valence-electron chi connectivity index (χ0n) is 16.4. The van der Waals surface area contributed by atoms with E-state index in [1.807, 2.05) is 24.3 Å². The van der Waals surface area contributed by atoms with E-state index in [0.29, 0.717) is 15.7 Å². The van der Waals surface area contributed by atoms with Gasteiger partial charge in [0.15, 0.2) is 0 Å². The molecule has 0 spiro atoms. The summed E-state index contributed by atoms with van der Waals surface area (Å²) < 4.78 is 38.2. The average Bonchev–Trinajstić information content (AvgIpc) is 3.25. The summed E-state index contributed by atoms with van der Waals surface area (Å²) in [6.45, 7) is 2.85. The summed E-state index contributed by atoms with van der Waals surface area (Å²) in [5, 5.41) is 4.52. The topological polar surface area (TPSA) is 64.3 Å². The van der Waals surface area contributed by atoms with Crippen LogP contribution in [0.4, 0.5) is 5.69 Å². The Bertz CT molecular complexity index is 1480. The molecule has 158 valence electrons. The van der Waals surface area contributed by atoms with Gasteiger partial charge in [0.05, 0.1) is 22.2 Å². The molecule has 1 aromatic heterocycles. The van der Waals surface area contributed by atoms with Gasteiger partial charge >= 0.3 is 0 Å². The molecule has 2 heterocycles. The van der Waals surface area contributed by atoms with E-state index in [1.165, 1.54) is 27.4 Å². The van der Waals surface area contributed by atoms with Gasteiger partial charge in [-0.25, -0.2) is 8.42 Å². The first-order valence-electron chi connectivity index (χ1n) is 9.58. The second-order valence-corrected chi connectivity index (χ2v) is 11.1. The second-order valence-electron chi connectivity index (χ2n) is 7.13. The highest BCUT2D eigenvalue weighted by Crippen LogP contribution is 2.48. The number of aromatic nitrogens is 1. The lowest BCUT2D eigenvalue weighted by Gasteiger charge is -2.21. The number of benzene rings is 3. The molecule has 0 unspecified atom stereocenters. The average molecular weight is 489 g/mol. The van der Waals surface area contributed by atoms with Gasteiger partial charge in [0.25, 0.3) is 5.01 Å². The number of aryl methyl sites for hydroxylation is 1. The maximum Gasteiger partial charge on any atom is 0.265 e. The number of nitrogens with zero attached hydrogens (tertiary/aromatic N) is 2. The van der Waals surface area contributed by atoms with Crippen LogP contribution in [0, 0.1) is 0 Å². The van der Waals surface area contributed by atoms with Crippen molar-refractivity contribution in [1.82, 2.24) is 0 Å². The standard InChI is InChI=1S/C22H17ClN2O3S3/c1-2-24-20(30-19-9-7-14-5-3-4-6-16(14)22(19)24)12-21-25(13-31(26,27)28)17-11-15(23)8-10-18(17)29-21/h3-12H,2,13H2,1H3. The van der Waals surface area contributed by atoms with Crippen molar-refractivity contribution < 1.29 is 17.5 Å². The van der Waals surface area contributed by atoms with Crippen LogP contribution in [-0.2, 0) is 16.7 Å². The van der Waals surface area contributed by atoms with E-state index >= 15 is 0 Å². The van der Waals surface area contributed by atoms with E-state index in [1.54, 1.807) is 23.5 Å². The smallest absolute Gasteiger partial charge is 0.265 e. The van der Waals surface area contributed by atoms with Crippen LogP contribution in [0.2, 0.25) is 5.02 Å². The van der Waals surface area contributed by atoms with Crippen LogP contribution in [0.15, 0.2) is 64.5 Å². The Morgan fingerprint density at radius 1 is 1.16 bits per heavy atom. The van der Waals surface area contributed by atoms with Gasteiger partial charge in [0.2, 0.25) is 5.52 Å². The predicted molar refractivity (Wildman–Crippen MR) is 128 cm³/mol. The van der Waals surface area contributed by atoms with E-state index < -0.39 is 16.0 Å². The van der Waals surface area contributed by atoms with Gasteiger partial charge in [-0.1, -0.05) is 59.0 Å². The van der Waals surface area contributed by atoms with Crippen molar-refractivity contribution >= 4 is 77.6 Å². The minimum Gasteiger partial charge on any atom is -0.747 e. The zero-order valence-corrected chi connectivity index (χ0v) is 19.6. The lowest BCUT2D eigenvalue weighted by molar-refractivity contribution is -0.664. The Hall–Kier alpha value is -2.10. The Balaban J connectivity index is 1.69. The fraction of sp³-hybridized carbons (Fsp3) is 0.136. The number of thioether (sulfide) groups is 1. The summed E-state index contributed by atoms with van der Waals surface area (Å²) in [6, 6.07) is 17.8. The number of thiazole rings is 1. The number of halogens is 1. The summed E-state index contributed by atoms with van der Waals surface area (Å²) in [5.41, 5.74) is 1.79. The minimum atomic E-state index is -4.48. The molecule has 0 N–H and O–H groups in total. The van der Waals surface area contributed by atoms with Crippen LogP contribution in [0.3, 0.4) is 0 Å². The van der Waals surface area contributed by atoms with Crippen molar-refractivity contribution in [2.45, 2.75) is 18.4 Å². The first-order valence-corrected chi connectivity index (χ1v) is 13.2. The highest BCUT2D eigenvalue weighted by molar-refractivity contribution is 8.04. The molecule has 1 aliphatic rings.